The zero-order chi connectivity index (χ0) is 12.6. The number of halogens is 3. The Bertz CT molecular complexity index is 535. The van der Waals surface area contributed by atoms with Crippen molar-refractivity contribution in [1.82, 2.24) is 14.8 Å². The SMILES string of the molecule is Cn1cnnc1C(O)c1cc(Cl)c(F)c(Cl)c1. The topological polar surface area (TPSA) is 50.9 Å². The van der Waals surface area contributed by atoms with Gasteiger partial charge < -0.3 is 9.67 Å². The first-order valence-electron chi connectivity index (χ1n) is 4.67. The van der Waals surface area contributed by atoms with Gasteiger partial charge in [0, 0.05) is 7.05 Å². The van der Waals surface area contributed by atoms with Crippen LogP contribution in [0.15, 0.2) is 18.5 Å². The molecule has 2 aromatic rings. The van der Waals surface area contributed by atoms with Crippen molar-refractivity contribution in [3.8, 4) is 0 Å². The van der Waals surface area contributed by atoms with Crippen molar-refractivity contribution in [1.29, 1.82) is 0 Å². The summed E-state index contributed by atoms with van der Waals surface area (Å²) >= 11 is 11.3. The van der Waals surface area contributed by atoms with E-state index in [0.29, 0.717) is 11.4 Å². The molecular formula is C10H8Cl2FN3O. The van der Waals surface area contributed by atoms with Crippen LogP contribution in [0.3, 0.4) is 0 Å². The number of benzene rings is 1. The lowest BCUT2D eigenvalue weighted by molar-refractivity contribution is 0.205. The molecule has 1 unspecified atom stereocenters. The molecule has 1 aromatic heterocycles. The van der Waals surface area contributed by atoms with Crippen LogP contribution < -0.4 is 0 Å². The third-order valence-corrected chi connectivity index (χ3v) is 2.86. The van der Waals surface area contributed by atoms with Gasteiger partial charge in [0.25, 0.3) is 0 Å². The summed E-state index contributed by atoms with van der Waals surface area (Å²) in [6.45, 7) is 0. The van der Waals surface area contributed by atoms with E-state index in [1.165, 1.54) is 18.5 Å². The lowest BCUT2D eigenvalue weighted by atomic mass is 10.1. The average Bonchev–Trinajstić information content (AvgIpc) is 2.70. The highest BCUT2D eigenvalue weighted by Gasteiger charge is 2.18. The molecule has 0 amide bonds. The molecule has 2 rings (SSSR count). The summed E-state index contributed by atoms with van der Waals surface area (Å²) in [7, 11) is 1.69. The fourth-order valence-corrected chi connectivity index (χ4v) is 1.93. The van der Waals surface area contributed by atoms with Gasteiger partial charge in [0.1, 0.15) is 12.4 Å². The Morgan fingerprint density at radius 1 is 1.35 bits per heavy atom. The van der Waals surface area contributed by atoms with Crippen LogP contribution in [0.4, 0.5) is 4.39 Å². The van der Waals surface area contributed by atoms with Crippen molar-refractivity contribution < 1.29 is 9.50 Å². The number of hydrogen-bond acceptors (Lipinski definition) is 3. The molecule has 0 radical (unpaired) electrons. The Kier molecular flexibility index (Phi) is 3.33. The van der Waals surface area contributed by atoms with E-state index in [1.807, 2.05) is 0 Å². The maximum atomic E-state index is 13.2. The van der Waals surface area contributed by atoms with Crippen LogP contribution >= 0.6 is 23.2 Å². The number of aliphatic hydroxyl groups excluding tert-OH is 1. The van der Waals surface area contributed by atoms with E-state index in [9.17, 15) is 9.50 Å². The summed E-state index contributed by atoms with van der Waals surface area (Å²) < 4.78 is 14.8. The van der Waals surface area contributed by atoms with Crippen LogP contribution in [0.1, 0.15) is 17.5 Å². The van der Waals surface area contributed by atoms with Crippen LogP contribution in [-0.2, 0) is 7.05 Å². The highest BCUT2D eigenvalue weighted by molar-refractivity contribution is 6.35. The van der Waals surface area contributed by atoms with Crippen molar-refractivity contribution in [2.24, 2.45) is 7.05 Å². The van der Waals surface area contributed by atoms with Gasteiger partial charge in [-0.2, -0.15) is 0 Å². The van der Waals surface area contributed by atoms with E-state index < -0.39 is 11.9 Å². The molecule has 1 aromatic carbocycles. The monoisotopic (exact) mass is 275 g/mol. The number of aryl methyl sites for hydroxylation is 1. The standard InChI is InChI=1S/C10H8Cl2FN3O/c1-16-4-14-15-10(16)9(17)5-2-6(11)8(13)7(12)3-5/h2-4,9,17H,1H3. The molecule has 7 heteroatoms. The van der Waals surface area contributed by atoms with E-state index in [0.717, 1.165) is 0 Å². The fourth-order valence-electron chi connectivity index (χ4n) is 1.42. The summed E-state index contributed by atoms with van der Waals surface area (Å²) in [6.07, 6.45) is 0.392. The molecule has 17 heavy (non-hydrogen) atoms. The second-order valence-electron chi connectivity index (χ2n) is 3.50. The van der Waals surface area contributed by atoms with Crippen LogP contribution in [0.2, 0.25) is 10.0 Å². The molecule has 0 bridgehead atoms. The molecule has 0 saturated carbocycles. The molecule has 1 N–H and O–H groups in total. The van der Waals surface area contributed by atoms with E-state index in [-0.39, 0.29) is 10.0 Å². The van der Waals surface area contributed by atoms with Gasteiger partial charge in [0.15, 0.2) is 11.6 Å². The normalized spacial score (nSPS) is 12.8. The van der Waals surface area contributed by atoms with E-state index in [2.05, 4.69) is 10.2 Å². The predicted octanol–water partition coefficient (Wildman–Crippen LogP) is 2.34. The minimum atomic E-state index is -1.06. The second kappa shape index (κ2) is 4.60. The number of rotatable bonds is 2. The van der Waals surface area contributed by atoms with Crippen molar-refractivity contribution in [3.05, 3.63) is 45.7 Å². The van der Waals surface area contributed by atoms with Gasteiger partial charge in [0.2, 0.25) is 0 Å². The van der Waals surface area contributed by atoms with Crippen LogP contribution in [-0.4, -0.2) is 19.9 Å². The van der Waals surface area contributed by atoms with E-state index >= 15 is 0 Å². The van der Waals surface area contributed by atoms with Gasteiger partial charge in [-0.3, -0.25) is 0 Å². The Balaban J connectivity index is 2.45. The van der Waals surface area contributed by atoms with Gasteiger partial charge >= 0.3 is 0 Å². The first-order valence-corrected chi connectivity index (χ1v) is 5.42. The van der Waals surface area contributed by atoms with Crippen molar-refractivity contribution in [2.45, 2.75) is 6.10 Å². The summed E-state index contributed by atoms with van der Waals surface area (Å²) in [5.74, 6) is -0.383. The maximum Gasteiger partial charge on any atom is 0.166 e. The minimum absolute atomic E-state index is 0.145. The summed E-state index contributed by atoms with van der Waals surface area (Å²) in [6, 6.07) is 2.62. The summed E-state index contributed by atoms with van der Waals surface area (Å²) in [5, 5.41) is 17.1. The fraction of sp³-hybridized carbons (Fsp3) is 0.200. The molecular weight excluding hydrogens is 268 g/mol. The molecule has 0 aliphatic carbocycles. The molecule has 0 spiro atoms. The first-order chi connectivity index (χ1) is 8.00. The molecule has 1 atom stereocenters. The van der Waals surface area contributed by atoms with Gasteiger partial charge in [-0.15, -0.1) is 10.2 Å². The summed E-state index contributed by atoms with van der Waals surface area (Å²) in [4.78, 5) is 0. The highest BCUT2D eigenvalue weighted by atomic mass is 35.5. The van der Waals surface area contributed by atoms with E-state index in [4.69, 9.17) is 23.2 Å². The van der Waals surface area contributed by atoms with Gasteiger partial charge in [-0.1, -0.05) is 23.2 Å². The molecule has 4 nitrogen and oxygen atoms in total. The molecule has 0 saturated heterocycles. The largest absolute Gasteiger partial charge is 0.380 e. The van der Waals surface area contributed by atoms with Gasteiger partial charge in [-0.25, -0.2) is 4.39 Å². The van der Waals surface area contributed by atoms with Gasteiger partial charge in [-0.05, 0) is 17.7 Å². The summed E-state index contributed by atoms with van der Waals surface area (Å²) in [5.41, 5.74) is 0.359. The van der Waals surface area contributed by atoms with Crippen molar-refractivity contribution in [3.63, 3.8) is 0 Å². The predicted molar refractivity (Wildman–Crippen MR) is 61.5 cm³/mol. The Morgan fingerprint density at radius 2 is 1.94 bits per heavy atom. The van der Waals surface area contributed by atoms with Crippen LogP contribution in [0.5, 0.6) is 0 Å². The quantitative estimate of drug-likeness (QED) is 0.856. The zero-order valence-electron chi connectivity index (χ0n) is 8.73. The number of hydrogen-bond donors (Lipinski definition) is 1. The lowest BCUT2D eigenvalue weighted by Gasteiger charge is -2.11. The Hall–Kier alpha value is -1.17. The molecule has 1 heterocycles. The Morgan fingerprint density at radius 3 is 2.41 bits per heavy atom. The molecule has 90 valence electrons. The number of aromatic nitrogens is 3. The first kappa shape index (κ1) is 12.3. The lowest BCUT2D eigenvalue weighted by Crippen LogP contribution is -2.07. The third kappa shape index (κ3) is 2.26. The average molecular weight is 276 g/mol. The molecule has 0 aliphatic rings. The smallest absolute Gasteiger partial charge is 0.166 e. The number of aliphatic hydroxyl groups is 1. The van der Waals surface area contributed by atoms with Crippen molar-refractivity contribution in [2.75, 3.05) is 0 Å². The van der Waals surface area contributed by atoms with E-state index in [1.54, 1.807) is 11.6 Å². The van der Waals surface area contributed by atoms with Crippen molar-refractivity contribution >= 4 is 23.2 Å². The zero-order valence-corrected chi connectivity index (χ0v) is 10.2. The van der Waals surface area contributed by atoms with Gasteiger partial charge in [0.05, 0.1) is 10.0 Å². The number of nitrogens with zero attached hydrogens (tertiary/aromatic N) is 3. The molecule has 0 aliphatic heterocycles. The molecule has 0 fully saturated rings. The maximum absolute atomic E-state index is 13.2. The minimum Gasteiger partial charge on any atom is -0.380 e. The highest BCUT2D eigenvalue weighted by Crippen LogP contribution is 2.29. The Labute approximate surface area is 107 Å². The van der Waals surface area contributed by atoms with Crippen LogP contribution in [0.25, 0.3) is 0 Å². The van der Waals surface area contributed by atoms with Crippen LogP contribution in [0, 0.1) is 5.82 Å². The second-order valence-corrected chi connectivity index (χ2v) is 4.32. The third-order valence-electron chi connectivity index (χ3n) is 2.31.